The summed E-state index contributed by atoms with van der Waals surface area (Å²) in [6.07, 6.45) is 10.0. The van der Waals surface area contributed by atoms with Crippen molar-refractivity contribution in [2.75, 3.05) is 6.61 Å². The molecule has 0 rings (SSSR count). The minimum absolute atomic E-state index is 0.297. The van der Waals surface area contributed by atoms with Crippen LogP contribution in [-0.4, -0.2) is 28.0 Å². The first-order chi connectivity index (χ1) is 11.3. The van der Waals surface area contributed by atoms with Gasteiger partial charge in [0.05, 0.1) is 6.61 Å². The number of carbonyl (C=O) groups is 1. The fourth-order valence-corrected chi connectivity index (χ4v) is 3.01. The topological polar surface area (TPSA) is 93.1 Å². The van der Waals surface area contributed by atoms with Gasteiger partial charge in [0.2, 0.25) is 0 Å². The molecule has 0 aromatic heterocycles. The minimum Gasteiger partial charge on any atom is -0.453 e. The van der Waals surface area contributed by atoms with Gasteiger partial charge < -0.3 is 14.5 Å². The number of hydrogen-bond donors (Lipinski definition) is 2. The van der Waals surface area contributed by atoms with Crippen molar-refractivity contribution in [2.45, 2.75) is 83.7 Å². The second-order valence-electron chi connectivity index (χ2n) is 6.19. The van der Waals surface area contributed by atoms with Crippen molar-refractivity contribution in [3.8, 4) is 0 Å². The maximum atomic E-state index is 11.7. The molecule has 0 aromatic rings. The van der Waals surface area contributed by atoms with Crippen LogP contribution in [0.1, 0.15) is 78.1 Å². The Morgan fingerprint density at radius 1 is 1.04 bits per heavy atom. The average Bonchev–Trinajstić information content (AvgIpc) is 2.53. The van der Waals surface area contributed by atoms with Crippen LogP contribution in [0.4, 0.5) is 0 Å². The van der Waals surface area contributed by atoms with Crippen molar-refractivity contribution in [3.05, 3.63) is 12.7 Å². The van der Waals surface area contributed by atoms with E-state index < -0.39 is 19.4 Å². The quantitative estimate of drug-likeness (QED) is 0.192. The molecule has 0 aliphatic heterocycles. The maximum absolute atomic E-state index is 11.7. The van der Waals surface area contributed by atoms with Crippen molar-refractivity contribution >= 4 is 13.8 Å². The third-order valence-electron chi connectivity index (χ3n) is 3.95. The molecule has 0 atom stereocenters. The highest BCUT2D eigenvalue weighted by Crippen LogP contribution is 2.39. The van der Waals surface area contributed by atoms with Crippen molar-refractivity contribution in [1.29, 1.82) is 0 Å². The standard InChI is InChI=1S/C17H33O6P/c1-4-7-9-11-13-17(23-16(18)6-3,14-12-10-8-5-2)15-22-24(19,20)21/h6H,3-5,7-15H2,1-2H3,(H2,19,20,21). The van der Waals surface area contributed by atoms with E-state index in [1.165, 1.54) is 0 Å². The summed E-state index contributed by atoms with van der Waals surface area (Å²) in [5.41, 5.74) is -1.01. The predicted octanol–water partition coefficient (Wildman–Crippen LogP) is 4.50. The Bertz CT molecular complexity index is 392. The first-order valence-electron chi connectivity index (χ1n) is 8.84. The van der Waals surface area contributed by atoms with Crippen LogP contribution in [0.25, 0.3) is 0 Å². The molecule has 0 spiro atoms. The Morgan fingerprint density at radius 3 is 1.92 bits per heavy atom. The Hall–Kier alpha value is -0.680. The number of hydrogen-bond acceptors (Lipinski definition) is 4. The summed E-state index contributed by atoms with van der Waals surface area (Å²) in [7, 11) is -4.62. The number of carbonyl (C=O) groups excluding carboxylic acids is 1. The van der Waals surface area contributed by atoms with Crippen LogP contribution >= 0.6 is 7.82 Å². The fourth-order valence-electron chi connectivity index (χ4n) is 2.61. The second kappa shape index (κ2) is 12.6. The molecule has 7 heteroatoms. The Morgan fingerprint density at radius 2 is 1.54 bits per heavy atom. The lowest BCUT2D eigenvalue weighted by Gasteiger charge is -2.33. The summed E-state index contributed by atoms with van der Waals surface area (Å²) in [6, 6.07) is 0. The summed E-state index contributed by atoms with van der Waals surface area (Å²) >= 11 is 0. The molecular weight excluding hydrogens is 331 g/mol. The fraction of sp³-hybridized carbons (Fsp3) is 0.824. The molecule has 0 fully saturated rings. The van der Waals surface area contributed by atoms with Crippen molar-refractivity contribution in [2.24, 2.45) is 0 Å². The molecule has 0 radical (unpaired) electrons. The summed E-state index contributed by atoms with van der Waals surface area (Å²) < 4.78 is 21.3. The van der Waals surface area contributed by atoms with E-state index in [1.54, 1.807) is 0 Å². The van der Waals surface area contributed by atoms with Gasteiger partial charge in [0.1, 0.15) is 5.60 Å². The van der Waals surface area contributed by atoms with Crippen LogP contribution in [0.5, 0.6) is 0 Å². The van der Waals surface area contributed by atoms with E-state index in [1.807, 2.05) is 0 Å². The highest BCUT2D eigenvalue weighted by Gasteiger charge is 2.36. The molecule has 0 saturated heterocycles. The van der Waals surface area contributed by atoms with E-state index in [0.29, 0.717) is 12.8 Å². The van der Waals surface area contributed by atoms with E-state index in [9.17, 15) is 9.36 Å². The van der Waals surface area contributed by atoms with Crippen LogP contribution in [-0.2, 0) is 18.6 Å². The normalized spacial score (nSPS) is 12.2. The van der Waals surface area contributed by atoms with Crippen LogP contribution in [0.15, 0.2) is 12.7 Å². The molecule has 0 amide bonds. The van der Waals surface area contributed by atoms with E-state index in [2.05, 4.69) is 20.4 Å². The summed E-state index contributed by atoms with van der Waals surface area (Å²) in [4.78, 5) is 29.8. The van der Waals surface area contributed by atoms with Gasteiger partial charge in [-0.25, -0.2) is 9.36 Å². The Kier molecular flexibility index (Phi) is 12.3. The van der Waals surface area contributed by atoms with E-state index in [0.717, 1.165) is 57.4 Å². The first-order valence-corrected chi connectivity index (χ1v) is 10.4. The van der Waals surface area contributed by atoms with Gasteiger partial charge >= 0.3 is 13.8 Å². The average molecular weight is 364 g/mol. The van der Waals surface area contributed by atoms with Gasteiger partial charge in [-0.05, 0) is 25.7 Å². The minimum atomic E-state index is -4.62. The lowest BCUT2D eigenvalue weighted by atomic mass is 9.90. The number of unbranched alkanes of at least 4 members (excludes halogenated alkanes) is 6. The molecule has 0 aliphatic rings. The van der Waals surface area contributed by atoms with Crippen LogP contribution in [0.3, 0.4) is 0 Å². The summed E-state index contributed by atoms with van der Waals surface area (Å²) in [5, 5.41) is 0. The summed E-state index contributed by atoms with van der Waals surface area (Å²) in [6.45, 7) is 7.32. The molecule has 6 nitrogen and oxygen atoms in total. The molecule has 0 aliphatic carbocycles. The highest BCUT2D eigenvalue weighted by atomic mass is 31.2. The van der Waals surface area contributed by atoms with E-state index in [4.69, 9.17) is 19.0 Å². The Labute approximate surface area is 145 Å². The predicted molar refractivity (Wildman–Crippen MR) is 94.5 cm³/mol. The number of rotatable bonds is 15. The van der Waals surface area contributed by atoms with Crippen molar-refractivity contribution in [1.82, 2.24) is 0 Å². The molecule has 2 N–H and O–H groups in total. The third kappa shape index (κ3) is 11.8. The number of phosphoric ester groups is 1. The monoisotopic (exact) mass is 364 g/mol. The van der Waals surface area contributed by atoms with Gasteiger partial charge in [-0.15, -0.1) is 0 Å². The van der Waals surface area contributed by atoms with Crippen LogP contribution in [0, 0.1) is 0 Å². The maximum Gasteiger partial charge on any atom is 0.469 e. The van der Waals surface area contributed by atoms with Gasteiger partial charge in [-0.1, -0.05) is 59.0 Å². The van der Waals surface area contributed by atoms with E-state index >= 15 is 0 Å². The number of ether oxygens (including phenoxy) is 1. The SMILES string of the molecule is C=CC(=O)OC(CCCCCC)(CCCCCC)COP(=O)(O)O. The van der Waals surface area contributed by atoms with Gasteiger partial charge in [-0.3, -0.25) is 4.52 Å². The smallest absolute Gasteiger partial charge is 0.453 e. The molecule has 24 heavy (non-hydrogen) atoms. The van der Waals surface area contributed by atoms with Gasteiger partial charge in [0, 0.05) is 6.08 Å². The van der Waals surface area contributed by atoms with Crippen molar-refractivity contribution < 1.29 is 28.4 Å². The lowest BCUT2D eigenvalue weighted by Crippen LogP contribution is -2.39. The number of esters is 1. The van der Waals surface area contributed by atoms with Crippen LogP contribution in [0.2, 0.25) is 0 Å². The molecular formula is C17H33O6P. The first kappa shape index (κ1) is 23.3. The van der Waals surface area contributed by atoms with Gasteiger partial charge in [0.15, 0.2) is 0 Å². The molecule has 0 aromatic carbocycles. The summed E-state index contributed by atoms with van der Waals surface area (Å²) in [5.74, 6) is -0.588. The van der Waals surface area contributed by atoms with Gasteiger partial charge in [0.25, 0.3) is 0 Å². The number of phosphoric acid groups is 1. The van der Waals surface area contributed by atoms with E-state index in [-0.39, 0.29) is 6.61 Å². The zero-order valence-corrected chi connectivity index (χ0v) is 15.9. The van der Waals surface area contributed by atoms with Gasteiger partial charge in [-0.2, -0.15) is 0 Å². The molecule has 142 valence electrons. The lowest BCUT2D eigenvalue weighted by molar-refractivity contribution is -0.160. The zero-order chi connectivity index (χ0) is 18.5. The Balaban J connectivity index is 5.01. The highest BCUT2D eigenvalue weighted by molar-refractivity contribution is 7.46. The molecule has 0 saturated carbocycles. The molecule has 0 heterocycles. The van der Waals surface area contributed by atoms with Crippen molar-refractivity contribution in [3.63, 3.8) is 0 Å². The molecule has 0 unspecified atom stereocenters. The molecule has 0 bridgehead atoms. The third-order valence-corrected chi connectivity index (χ3v) is 4.42. The zero-order valence-electron chi connectivity index (χ0n) is 15.0. The second-order valence-corrected chi connectivity index (χ2v) is 7.43. The van der Waals surface area contributed by atoms with Crippen LogP contribution < -0.4 is 0 Å². The largest absolute Gasteiger partial charge is 0.469 e.